The molecule has 9 aromatic rings. The minimum absolute atomic E-state index is 0.0242. The summed E-state index contributed by atoms with van der Waals surface area (Å²) in [5.41, 5.74) is 3.06. The van der Waals surface area contributed by atoms with Gasteiger partial charge in [0, 0.05) is 51.1 Å². The van der Waals surface area contributed by atoms with Crippen LogP contribution in [0.2, 0.25) is 0 Å². The zero-order valence-electron chi connectivity index (χ0n) is 73.1. The van der Waals surface area contributed by atoms with E-state index in [1.54, 1.807) is 101 Å². The smallest absolute Gasteiger partial charge is 0.408 e. The summed E-state index contributed by atoms with van der Waals surface area (Å²) in [4.78, 5) is 135. The van der Waals surface area contributed by atoms with Gasteiger partial charge in [-0.2, -0.15) is 9.36 Å². The summed E-state index contributed by atoms with van der Waals surface area (Å²) in [6.07, 6.45) is -16.3. The summed E-state index contributed by atoms with van der Waals surface area (Å²) < 4.78 is 86.3. The van der Waals surface area contributed by atoms with Crippen LogP contribution in [0.25, 0.3) is 11.3 Å². The molecule has 5 aliphatic heterocycles. The number of aliphatic hydroxyl groups excluding tert-OH is 5. The number of aliphatic hydroxyl groups is 6. The molecular formula is C87H97N13O31S. The van der Waals surface area contributed by atoms with Crippen LogP contribution >= 0.6 is 11.3 Å². The Labute approximate surface area is 753 Å². The summed E-state index contributed by atoms with van der Waals surface area (Å²) >= 11 is 1.46. The van der Waals surface area contributed by atoms with Crippen molar-refractivity contribution in [2.24, 2.45) is 54.1 Å². The number of rotatable bonds is 16. The van der Waals surface area contributed by atoms with Crippen LogP contribution in [0.4, 0.5) is 4.79 Å². The molecule has 0 radical (unpaired) electrons. The molecule has 132 heavy (non-hydrogen) atoms. The highest BCUT2D eigenvalue weighted by molar-refractivity contribution is 7.10. The Bertz CT molecular complexity index is 5990. The van der Waals surface area contributed by atoms with Gasteiger partial charge in [0.15, 0.2) is 75.7 Å². The number of ether oxygens (including phenoxy) is 14. The maximum atomic E-state index is 14.9. The van der Waals surface area contributed by atoms with Gasteiger partial charge in [-0.25, -0.2) is 42.7 Å². The SMILES string of the molecule is CC(=O)O[C@@]12CO[C@@H]1C[C@H](O)[C@@]1(C)C(=O)[C@H](O)C3=C(C)[C@@H](OC(=O)C(O)[C@@H](NC(=O)OC(C)(C)C)c4ccccc4)C[C@@](O)([C@@H](OC(=O)c4ccccc4)[C@H]21)C3(C)C.COc1cc([C@@H]2c3cc4c(cc3C(O[C@@H]3O[C@@H]5COC(c6cccs6)O[C@H]5[C@H](O)[C@H]3O)C3COC(=O)[C@@H]32)OCO4)cc(OC)c1O.Cn1nnc2c(C(N)=O)ncn2c1=O.Cn1nnc2c(C(N)=O)ncn2c1=O. The van der Waals surface area contributed by atoms with Crippen molar-refractivity contribution in [3.05, 3.63) is 191 Å². The predicted octanol–water partition coefficient (Wildman–Crippen LogP) is 1.86. The molecule has 2 bridgehead atoms. The third-order valence-electron chi connectivity index (χ3n) is 25.4. The fourth-order valence-electron chi connectivity index (χ4n) is 18.9. The van der Waals surface area contributed by atoms with Gasteiger partial charge < -0.3 is 119 Å². The van der Waals surface area contributed by atoms with Crippen molar-refractivity contribution in [3.8, 4) is 28.7 Å². The molecule has 21 atom stereocenters. The maximum Gasteiger partial charge on any atom is 0.408 e. The monoisotopic (exact) mass is 1850 g/mol. The Morgan fingerprint density at radius 3 is 1.89 bits per heavy atom. The molecule has 4 aliphatic carbocycles. The minimum atomic E-state index is -2.35. The first-order valence-electron chi connectivity index (χ1n) is 41.6. The van der Waals surface area contributed by atoms with Gasteiger partial charge in [0.2, 0.25) is 12.5 Å². The van der Waals surface area contributed by atoms with Gasteiger partial charge in [-0.05, 0) is 116 Å². The fourth-order valence-corrected chi connectivity index (χ4v) is 19.6. The van der Waals surface area contributed by atoms with Gasteiger partial charge in [0.1, 0.15) is 72.7 Å². The second kappa shape index (κ2) is 36.4. The highest BCUT2D eigenvalue weighted by atomic mass is 32.1. The average Bonchev–Trinajstić information content (AvgIpc) is 0.709. The zero-order valence-corrected chi connectivity index (χ0v) is 73.9. The second-order valence-electron chi connectivity index (χ2n) is 34.6. The number of phenols is 1. The number of nitrogens with two attached hydrogens (primary N) is 2. The fraction of sp³-hybridized carbons (Fsp3) is 0.471. The van der Waals surface area contributed by atoms with Crippen molar-refractivity contribution < 1.29 is 140 Å². The number of cyclic esters (lactones) is 1. The number of imidazole rings is 2. The number of thiophene rings is 1. The average molecular weight is 1850 g/mol. The van der Waals surface area contributed by atoms with Crippen LogP contribution in [0.1, 0.15) is 151 Å². The van der Waals surface area contributed by atoms with Gasteiger partial charge in [-0.1, -0.05) is 78.9 Å². The lowest BCUT2D eigenvalue weighted by Gasteiger charge is -2.67. The summed E-state index contributed by atoms with van der Waals surface area (Å²) in [7, 11) is 5.75. The number of carbonyl (C=O) groups excluding carboxylic acids is 8. The van der Waals surface area contributed by atoms with Crippen LogP contribution < -0.4 is 47.1 Å². The summed E-state index contributed by atoms with van der Waals surface area (Å²) in [6.45, 7) is 12.0. The number of benzene rings is 4. The summed E-state index contributed by atoms with van der Waals surface area (Å²) in [5, 5.41) is 101. The van der Waals surface area contributed by atoms with E-state index in [1.807, 2.05) is 23.6 Å². The van der Waals surface area contributed by atoms with Crippen LogP contribution in [0.15, 0.2) is 136 Å². The van der Waals surface area contributed by atoms with Gasteiger partial charge in [-0.15, -0.1) is 21.5 Å². The first-order valence-corrected chi connectivity index (χ1v) is 42.5. The number of primary amides is 2. The van der Waals surface area contributed by atoms with Crippen molar-refractivity contribution in [2.75, 3.05) is 40.8 Å². The normalized spacial score (nSPS) is 29.0. The quantitative estimate of drug-likeness (QED) is 0.0375. The second-order valence-corrected chi connectivity index (χ2v) is 35.6. The van der Waals surface area contributed by atoms with Crippen LogP contribution in [0, 0.1) is 28.6 Å². The van der Waals surface area contributed by atoms with Gasteiger partial charge >= 0.3 is 41.3 Å². The van der Waals surface area contributed by atoms with Gasteiger partial charge in [0.25, 0.3) is 11.8 Å². The number of nitrogens with one attached hydrogen (secondary N) is 1. The molecule has 4 aromatic carbocycles. The predicted molar refractivity (Wildman–Crippen MR) is 449 cm³/mol. The standard InChI is InChI=1S/C43H53NO14.C32H32O13S.2C6H6N6O2/c1-22-26(55-37(51)32(48)30(24-15-11-9-12-16-24)44-38(52)58-39(3,4)5)20-43(53)35(56-36(50)25-17-13-10-14-18-25)33-41(8,34(49)31(47)29(22)40(43,6)7)27(46)19-28-42(33,21-54-28)57-23(2)45;1-37-19-6-13(7-20(38-2)25(19)33)23-14-8-17-18(42-12-41-17)9-15(14)28(16-10-39-30(36)24(16)23)44-32-27(35)26(34)29-21(43-32)11-40-31(45-29)22-4-3-5-46-22;2*1-11-6(14)12-2-8-3(4(7)13)5(12)9-10-11/h9-18,26-28,30-33,35,46-48,53H,19-21H2,1-8H3,(H,44,52);3-9,16,21,23-24,26-29,31-35H,10-12H2,1-2H3;2*2H,1H3,(H2,7,13)/t26-,27-,28+,30-,31+,32?,33-,35-,41+,42-,43+;16?,21-,23-,24+,26-,27-,28?,29-,31?,32+;;/m01../s1. The molecular weight excluding hydrogens is 1760 g/mol. The molecule has 3 amide bonds. The third kappa shape index (κ3) is 16.9. The van der Waals surface area contributed by atoms with Crippen molar-refractivity contribution >= 4 is 70.2 Å². The van der Waals surface area contributed by atoms with E-state index < -0.39 is 202 Å². The minimum Gasteiger partial charge on any atom is -0.502 e. The lowest BCUT2D eigenvalue weighted by Crippen LogP contribution is -2.81. The molecule has 45 heteroatoms. The van der Waals surface area contributed by atoms with E-state index in [0.717, 1.165) is 30.0 Å². The Morgan fingerprint density at radius 2 is 1.34 bits per heavy atom. The van der Waals surface area contributed by atoms with E-state index in [9.17, 15) is 83.7 Å². The third-order valence-corrected chi connectivity index (χ3v) is 26.3. The number of ketones is 1. The van der Waals surface area contributed by atoms with Crippen molar-refractivity contribution in [2.45, 2.75) is 177 Å². The molecule has 12 N–H and O–H groups in total. The number of esters is 4. The van der Waals surface area contributed by atoms with Crippen LogP contribution in [0.5, 0.6) is 28.7 Å². The molecule has 9 aliphatic rings. The van der Waals surface area contributed by atoms with E-state index >= 15 is 0 Å². The highest BCUT2D eigenvalue weighted by Gasteiger charge is 2.78. The Hall–Kier alpha value is -12.8. The molecule has 4 unspecified atom stereocenters. The molecule has 44 nitrogen and oxygen atoms in total. The number of aromatic nitrogens is 10. The zero-order chi connectivity index (χ0) is 95.0. The number of hydrogen-bond acceptors (Lipinski definition) is 38. The molecule has 4 saturated heterocycles. The first kappa shape index (κ1) is 93.9. The lowest BCUT2D eigenvalue weighted by atomic mass is 9.44. The number of nitrogens with zero attached hydrogens (tertiary/aromatic N) is 10. The van der Waals surface area contributed by atoms with E-state index in [1.165, 1.54) is 78.3 Å². The molecule has 5 aromatic heterocycles. The van der Waals surface area contributed by atoms with Crippen LogP contribution in [0.3, 0.4) is 0 Å². The van der Waals surface area contributed by atoms with E-state index in [-0.39, 0.29) is 89.7 Å². The molecule has 18 rings (SSSR count). The number of aryl methyl sites for hydroxylation is 2. The molecule has 6 fully saturated rings. The van der Waals surface area contributed by atoms with Crippen molar-refractivity contribution in [3.63, 3.8) is 0 Å². The van der Waals surface area contributed by atoms with Gasteiger partial charge in [0.05, 0.1) is 80.0 Å². The van der Waals surface area contributed by atoms with Crippen LogP contribution in [-0.2, 0) is 80.6 Å². The largest absolute Gasteiger partial charge is 0.502 e. The topological polar surface area (TPSA) is 602 Å². The number of amides is 3. The highest BCUT2D eigenvalue weighted by Crippen LogP contribution is 2.65. The number of aromatic hydroxyl groups is 1. The molecule has 10 heterocycles. The summed E-state index contributed by atoms with van der Waals surface area (Å²) in [5.74, 6) is -7.93. The van der Waals surface area contributed by atoms with Crippen LogP contribution in [-0.4, -0.2) is 257 Å². The number of carbonyl (C=O) groups is 8. The van der Waals surface area contributed by atoms with Gasteiger partial charge in [-0.3, -0.25) is 24.0 Å². The summed E-state index contributed by atoms with van der Waals surface area (Å²) in [6, 6.07) is 25.3. The number of alkyl carbamates (subject to hydrolysis) is 1. The van der Waals surface area contributed by atoms with Crippen molar-refractivity contribution in [1.82, 2.24) is 54.1 Å². The Kier molecular flexibility index (Phi) is 25.9. The van der Waals surface area contributed by atoms with E-state index in [2.05, 4.69) is 35.9 Å². The molecule has 2 saturated carbocycles. The Morgan fingerprint density at radius 1 is 0.742 bits per heavy atom. The Balaban J connectivity index is 0.000000157. The molecule has 702 valence electrons. The number of methoxy groups -OCH3 is 2. The number of phenolic OH excluding ortho intramolecular Hbond substituents is 1. The number of hydrogen-bond donors (Lipinski definition) is 10. The van der Waals surface area contributed by atoms with Crippen molar-refractivity contribution in [1.29, 1.82) is 0 Å². The first-order chi connectivity index (χ1) is 62.6. The van der Waals surface area contributed by atoms with E-state index in [4.69, 9.17) is 77.8 Å². The van der Waals surface area contributed by atoms with E-state index in [0.29, 0.717) is 33.8 Å². The number of Topliss-reactive ketones (excluding diaryl/α,β-unsaturated/α-hetero) is 1. The maximum absolute atomic E-state index is 14.9. The molecule has 0 spiro atoms. The lowest BCUT2D eigenvalue weighted by molar-refractivity contribution is -0.368. The number of fused-ring (bicyclic) bond motifs is 11.